The summed E-state index contributed by atoms with van der Waals surface area (Å²) in [6, 6.07) is 1.87. The van der Waals surface area contributed by atoms with Crippen molar-refractivity contribution in [3.8, 4) is 5.75 Å². The van der Waals surface area contributed by atoms with E-state index in [1.165, 1.54) is 31.1 Å². The summed E-state index contributed by atoms with van der Waals surface area (Å²) in [6.45, 7) is 4.76. The predicted octanol–water partition coefficient (Wildman–Crippen LogP) is -0.542. The first-order valence-electron chi connectivity index (χ1n) is 15.5. The molecule has 0 aromatic heterocycles. The van der Waals surface area contributed by atoms with E-state index in [1.807, 2.05) is 0 Å². The molecule has 2 saturated heterocycles. The first kappa shape index (κ1) is 31.5. The number of carbonyl (C=O) groups is 6. The lowest BCUT2D eigenvalue weighted by Crippen LogP contribution is -2.77. The lowest BCUT2D eigenvalue weighted by molar-refractivity contribution is -0.196. The second-order valence-electron chi connectivity index (χ2n) is 14.0. The topological polar surface area (TPSA) is 208 Å². The second-order valence-corrected chi connectivity index (χ2v) is 14.0. The van der Waals surface area contributed by atoms with Gasteiger partial charge in [-0.3, -0.25) is 38.6 Å². The van der Waals surface area contributed by atoms with Crippen molar-refractivity contribution in [3.63, 3.8) is 0 Å². The molecule has 9 unspecified atom stereocenters. The number of ketones is 4. The molecule has 13 heteroatoms. The molecule has 6 aliphatic rings. The summed E-state index contributed by atoms with van der Waals surface area (Å²) in [6.07, 6.45) is 1.60. The first-order chi connectivity index (χ1) is 21.1. The standard InChI is InChI=1S/C32H40N4O9/c1-12-9-14-5-8-17(12)36(10-14)11-18(37)34-16-7-6-15-13(2)19-21(26(39)20(15)25(16)38)29(42)32(45)23(27(19)40)24(35(3)4)28(41)22(30(32)43)31(33)44/h6-7,12-14,17,19,21-24,27,38,40,45H,5,8-11H2,1-4H3,(H2,33,44)(H,34,37)/t12?,13?,14?,17?,19?,21?,22?,23?,24-,27?,32-/m1/s1. The number of hydrogen-bond donors (Lipinski definition) is 5. The first-order valence-corrected chi connectivity index (χ1v) is 15.5. The summed E-state index contributed by atoms with van der Waals surface area (Å²) < 4.78 is 0. The lowest BCUT2D eigenvalue weighted by atomic mass is 9.49. The van der Waals surface area contributed by atoms with Crippen LogP contribution in [0.15, 0.2) is 12.1 Å². The largest absolute Gasteiger partial charge is 0.505 e. The van der Waals surface area contributed by atoms with E-state index in [0.29, 0.717) is 23.4 Å². The maximum Gasteiger partial charge on any atom is 0.238 e. The Morgan fingerprint density at radius 2 is 1.80 bits per heavy atom. The Bertz CT molecular complexity index is 1530. The van der Waals surface area contributed by atoms with Gasteiger partial charge in [0.25, 0.3) is 0 Å². The molecular weight excluding hydrogens is 584 g/mol. The summed E-state index contributed by atoms with van der Waals surface area (Å²) in [5.41, 5.74) is 2.30. The fourth-order valence-corrected chi connectivity index (χ4v) is 9.31. The summed E-state index contributed by atoms with van der Waals surface area (Å²) in [4.78, 5) is 83.7. The fourth-order valence-electron chi connectivity index (χ4n) is 9.31. The highest BCUT2D eigenvalue weighted by Gasteiger charge is 2.73. The van der Waals surface area contributed by atoms with Crippen molar-refractivity contribution in [3.05, 3.63) is 23.3 Å². The van der Waals surface area contributed by atoms with Gasteiger partial charge in [0.05, 0.1) is 41.8 Å². The molecule has 13 nitrogen and oxygen atoms in total. The maximum atomic E-state index is 14.1. The Kier molecular flexibility index (Phi) is 7.54. The molecular formula is C32H40N4O9. The molecule has 2 bridgehead atoms. The summed E-state index contributed by atoms with van der Waals surface area (Å²) >= 11 is 0. The molecule has 0 spiro atoms. The number of anilines is 1. The Morgan fingerprint density at radius 1 is 1.11 bits per heavy atom. The number of amides is 2. The van der Waals surface area contributed by atoms with Gasteiger partial charge in [-0.2, -0.15) is 0 Å². The number of fused-ring (bicyclic) bond motifs is 6. The van der Waals surface area contributed by atoms with Crippen LogP contribution in [0.1, 0.15) is 54.9 Å². The van der Waals surface area contributed by atoms with E-state index in [0.717, 1.165) is 25.8 Å². The smallest absolute Gasteiger partial charge is 0.238 e. The minimum Gasteiger partial charge on any atom is -0.505 e. The van der Waals surface area contributed by atoms with Crippen molar-refractivity contribution in [1.82, 2.24) is 9.80 Å². The molecule has 1 aromatic carbocycles. The summed E-state index contributed by atoms with van der Waals surface area (Å²) in [5, 5.41) is 37.5. The molecule has 2 amide bonds. The van der Waals surface area contributed by atoms with Crippen molar-refractivity contribution in [2.75, 3.05) is 32.5 Å². The summed E-state index contributed by atoms with van der Waals surface area (Å²) in [5.74, 6) is -13.4. The van der Waals surface area contributed by atoms with Crippen LogP contribution in [0, 0.1) is 35.5 Å². The molecule has 5 fully saturated rings. The number of hydrogen-bond acceptors (Lipinski definition) is 11. The van der Waals surface area contributed by atoms with Crippen LogP contribution >= 0.6 is 0 Å². The minimum absolute atomic E-state index is 0.0332. The Morgan fingerprint density at radius 3 is 2.40 bits per heavy atom. The number of aromatic hydroxyl groups is 1. The van der Waals surface area contributed by atoms with Crippen LogP contribution < -0.4 is 11.1 Å². The van der Waals surface area contributed by atoms with Crippen molar-refractivity contribution < 1.29 is 44.1 Å². The van der Waals surface area contributed by atoms with Crippen LogP contribution in [0.3, 0.4) is 0 Å². The normalized spacial score (nSPS) is 39.4. The number of rotatable bonds is 5. The number of piperidine rings is 2. The average Bonchev–Trinajstić information content (AvgIpc) is 2.96. The molecule has 45 heavy (non-hydrogen) atoms. The molecule has 1 aromatic rings. The van der Waals surface area contributed by atoms with Crippen molar-refractivity contribution in [2.24, 2.45) is 41.2 Å². The molecule has 11 atom stereocenters. The van der Waals surface area contributed by atoms with Crippen LogP contribution in [0.25, 0.3) is 0 Å². The number of likely N-dealkylation sites (N-methyl/N-ethyl adjacent to an activating group) is 1. The Labute approximate surface area is 260 Å². The molecule has 4 aliphatic carbocycles. The van der Waals surface area contributed by atoms with Gasteiger partial charge >= 0.3 is 0 Å². The van der Waals surface area contributed by atoms with Gasteiger partial charge < -0.3 is 26.4 Å². The number of aliphatic hydroxyl groups excluding tert-OH is 1. The zero-order valence-electron chi connectivity index (χ0n) is 25.7. The SMILES string of the molecule is CC1CC2CCC1N(CC(=O)Nc1ccc3c(c1O)C(=O)C1C(=O)[C@@]4(O)C(=O)C(C(N)=O)C(=O)[C@H](N(C)C)C4C(O)C1C3C)C2. The van der Waals surface area contributed by atoms with Gasteiger partial charge in [0.1, 0.15) is 5.75 Å². The van der Waals surface area contributed by atoms with E-state index >= 15 is 0 Å². The average molecular weight is 625 g/mol. The number of phenols is 1. The number of aliphatic hydroxyl groups is 2. The van der Waals surface area contributed by atoms with Gasteiger partial charge in [0.2, 0.25) is 11.8 Å². The van der Waals surface area contributed by atoms with Crippen LogP contribution in [0.2, 0.25) is 0 Å². The van der Waals surface area contributed by atoms with E-state index in [1.54, 1.807) is 6.92 Å². The van der Waals surface area contributed by atoms with E-state index < -0.39 is 82.1 Å². The van der Waals surface area contributed by atoms with E-state index in [4.69, 9.17) is 5.73 Å². The predicted molar refractivity (Wildman–Crippen MR) is 158 cm³/mol. The second kappa shape index (κ2) is 10.8. The van der Waals surface area contributed by atoms with Gasteiger partial charge in [-0.1, -0.05) is 19.9 Å². The van der Waals surface area contributed by atoms with Crippen LogP contribution in [-0.4, -0.2) is 111 Å². The van der Waals surface area contributed by atoms with Crippen molar-refractivity contribution in [2.45, 2.75) is 62.8 Å². The third kappa shape index (κ3) is 4.42. The molecule has 0 radical (unpaired) electrons. The monoisotopic (exact) mass is 624 g/mol. The van der Waals surface area contributed by atoms with Crippen LogP contribution in [0.5, 0.6) is 5.75 Å². The van der Waals surface area contributed by atoms with E-state index in [9.17, 15) is 44.1 Å². The molecule has 242 valence electrons. The molecule has 2 aliphatic heterocycles. The van der Waals surface area contributed by atoms with Gasteiger partial charge in [0, 0.05) is 18.5 Å². The number of nitrogens with one attached hydrogen (secondary N) is 1. The number of Topliss-reactive ketones (excluding diaryl/α,β-unsaturated/α-hetero) is 4. The van der Waals surface area contributed by atoms with Gasteiger partial charge in [-0.15, -0.1) is 0 Å². The lowest BCUT2D eigenvalue weighted by Gasteiger charge is -2.56. The number of primary amides is 1. The van der Waals surface area contributed by atoms with Crippen LogP contribution in [0.4, 0.5) is 5.69 Å². The van der Waals surface area contributed by atoms with Crippen LogP contribution in [-0.2, 0) is 24.0 Å². The number of nitrogens with zero attached hydrogens (tertiary/aromatic N) is 2. The third-order valence-corrected chi connectivity index (χ3v) is 11.3. The van der Waals surface area contributed by atoms with E-state index in [2.05, 4.69) is 17.1 Å². The fraction of sp³-hybridized carbons (Fsp3) is 0.625. The third-order valence-electron chi connectivity index (χ3n) is 11.3. The maximum absolute atomic E-state index is 14.1. The summed E-state index contributed by atoms with van der Waals surface area (Å²) in [7, 11) is 2.88. The Hall–Kier alpha value is -3.52. The highest BCUT2D eigenvalue weighted by molar-refractivity contribution is 6.32. The van der Waals surface area contributed by atoms with Crippen molar-refractivity contribution >= 4 is 40.6 Å². The quantitative estimate of drug-likeness (QED) is 0.208. The van der Waals surface area contributed by atoms with Gasteiger partial charge in [-0.25, -0.2) is 0 Å². The molecule has 2 heterocycles. The molecule has 6 N–H and O–H groups in total. The Balaban J connectivity index is 1.34. The molecule has 3 saturated carbocycles. The van der Waals surface area contributed by atoms with E-state index in [-0.39, 0.29) is 23.7 Å². The molecule has 7 rings (SSSR count). The number of carbonyl (C=O) groups excluding carboxylic acids is 6. The van der Waals surface area contributed by atoms with Gasteiger partial charge in [0.15, 0.2) is 34.7 Å². The highest BCUT2D eigenvalue weighted by atomic mass is 16.3. The van der Waals surface area contributed by atoms with Gasteiger partial charge in [-0.05, 0) is 62.7 Å². The van der Waals surface area contributed by atoms with Crippen molar-refractivity contribution in [1.29, 1.82) is 0 Å². The number of nitrogens with two attached hydrogens (primary N) is 1. The zero-order valence-corrected chi connectivity index (χ0v) is 25.7. The number of phenolic OH excluding ortho intramolecular Hbond substituents is 1. The minimum atomic E-state index is -3.07. The highest BCUT2D eigenvalue weighted by Crippen LogP contribution is 2.55. The zero-order chi connectivity index (χ0) is 32.9. The number of benzene rings is 1.